The Kier molecular flexibility index (Phi) is 6.87. The third-order valence-corrected chi connectivity index (χ3v) is 3.04. The predicted octanol–water partition coefficient (Wildman–Crippen LogP) is 1.49. The zero-order valence-electron chi connectivity index (χ0n) is 12.4. The minimum atomic E-state index is -0.134. The van der Waals surface area contributed by atoms with Crippen LogP contribution in [0.3, 0.4) is 0 Å². The number of amides is 1. The molecule has 0 saturated carbocycles. The fraction of sp³-hybridized carbons (Fsp3) is 0.533. The van der Waals surface area contributed by atoms with E-state index < -0.39 is 0 Å². The molecule has 3 N–H and O–H groups in total. The van der Waals surface area contributed by atoms with E-state index in [0.29, 0.717) is 18.0 Å². The Hall–Kier alpha value is -1.75. The third kappa shape index (κ3) is 5.09. The van der Waals surface area contributed by atoms with Gasteiger partial charge in [-0.25, -0.2) is 0 Å². The van der Waals surface area contributed by atoms with E-state index >= 15 is 0 Å². The maximum absolute atomic E-state index is 11.7. The lowest BCUT2D eigenvalue weighted by Gasteiger charge is -2.14. The fourth-order valence-electron chi connectivity index (χ4n) is 1.72. The van der Waals surface area contributed by atoms with Crippen LogP contribution in [0.4, 0.5) is 0 Å². The van der Waals surface area contributed by atoms with Crippen molar-refractivity contribution in [3.63, 3.8) is 0 Å². The van der Waals surface area contributed by atoms with Gasteiger partial charge in [0, 0.05) is 6.04 Å². The van der Waals surface area contributed by atoms with Crippen molar-refractivity contribution in [3.8, 4) is 11.5 Å². The highest BCUT2D eigenvalue weighted by Crippen LogP contribution is 2.28. The Morgan fingerprint density at radius 2 is 2.15 bits per heavy atom. The molecule has 0 heterocycles. The first-order chi connectivity index (χ1) is 9.60. The van der Waals surface area contributed by atoms with E-state index in [1.807, 2.05) is 32.0 Å². The Morgan fingerprint density at radius 3 is 2.75 bits per heavy atom. The normalized spacial score (nSPS) is 11.8. The monoisotopic (exact) mass is 280 g/mol. The van der Waals surface area contributed by atoms with Crippen molar-refractivity contribution in [2.45, 2.75) is 32.7 Å². The lowest BCUT2D eigenvalue weighted by molar-refractivity contribution is -0.123. The Balaban J connectivity index is 2.65. The number of ether oxygens (including phenoxy) is 2. The number of hydrogen-bond donors (Lipinski definition) is 2. The van der Waals surface area contributed by atoms with Crippen molar-refractivity contribution in [1.82, 2.24) is 5.32 Å². The van der Waals surface area contributed by atoms with E-state index in [4.69, 9.17) is 15.2 Å². The molecule has 0 fully saturated rings. The van der Waals surface area contributed by atoms with Gasteiger partial charge in [0.05, 0.1) is 7.11 Å². The Labute approximate surface area is 120 Å². The lowest BCUT2D eigenvalue weighted by atomic mass is 10.1. The van der Waals surface area contributed by atoms with Crippen molar-refractivity contribution in [1.29, 1.82) is 0 Å². The highest BCUT2D eigenvalue weighted by atomic mass is 16.5. The molecular formula is C15H24N2O3. The minimum absolute atomic E-state index is 0.0211. The molecule has 0 radical (unpaired) electrons. The molecule has 5 nitrogen and oxygen atoms in total. The van der Waals surface area contributed by atoms with Crippen LogP contribution in [0.15, 0.2) is 18.2 Å². The van der Waals surface area contributed by atoms with Crippen molar-refractivity contribution in [2.75, 3.05) is 20.3 Å². The molecule has 0 spiro atoms. The number of nitrogens with two attached hydrogens (primary N) is 1. The molecule has 112 valence electrons. The van der Waals surface area contributed by atoms with Gasteiger partial charge in [-0.15, -0.1) is 0 Å². The first kappa shape index (κ1) is 16.3. The summed E-state index contributed by atoms with van der Waals surface area (Å²) in [5.41, 5.74) is 6.60. The molecular weight excluding hydrogens is 256 g/mol. The molecule has 0 bridgehead atoms. The zero-order valence-corrected chi connectivity index (χ0v) is 12.4. The maximum atomic E-state index is 11.7. The number of hydrogen-bond acceptors (Lipinski definition) is 4. The van der Waals surface area contributed by atoms with Crippen LogP contribution in [-0.2, 0) is 11.2 Å². The first-order valence-electron chi connectivity index (χ1n) is 6.89. The number of methoxy groups -OCH3 is 1. The van der Waals surface area contributed by atoms with Crippen LogP contribution < -0.4 is 20.5 Å². The lowest BCUT2D eigenvalue weighted by Crippen LogP contribution is -2.35. The molecule has 1 aromatic rings. The molecule has 0 aliphatic rings. The Bertz CT molecular complexity index is 435. The molecule has 1 unspecified atom stereocenters. The van der Waals surface area contributed by atoms with Crippen molar-refractivity contribution >= 4 is 5.91 Å². The highest BCUT2D eigenvalue weighted by molar-refractivity contribution is 5.77. The van der Waals surface area contributed by atoms with Gasteiger partial charge < -0.3 is 20.5 Å². The second-order valence-electron chi connectivity index (χ2n) is 4.69. The smallest absolute Gasteiger partial charge is 0.258 e. The van der Waals surface area contributed by atoms with E-state index in [9.17, 15) is 4.79 Å². The Morgan fingerprint density at radius 1 is 1.40 bits per heavy atom. The molecule has 1 amide bonds. The summed E-state index contributed by atoms with van der Waals surface area (Å²) in [7, 11) is 1.57. The van der Waals surface area contributed by atoms with Crippen LogP contribution in [0, 0.1) is 0 Å². The summed E-state index contributed by atoms with van der Waals surface area (Å²) in [5, 5.41) is 2.85. The summed E-state index contributed by atoms with van der Waals surface area (Å²) in [6.45, 7) is 4.53. The largest absolute Gasteiger partial charge is 0.493 e. The van der Waals surface area contributed by atoms with Gasteiger partial charge >= 0.3 is 0 Å². The summed E-state index contributed by atoms with van der Waals surface area (Å²) in [6, 6.07) is 5.78. The third-order valence-electron chi connectivity index (χ3n) is 3.04. The number of nitrogens with one attached hydrogen (secondary N) is 1. The van der Waals surface area contributed by atoms with Gasteiger partial charge in [-0.05, 0) is 44.0 Å². The molecule has 0 saturated heterocycles. The SMILES string of the molecule is CCC(C)NC(=O)COc1cc(CCN)ccc1OC. The number of carbonyl (C=O) groups excluding carboxylic acids is 1. The quantitative estimate of drug-likeness (QED) is 0.756. The average molecular weight is 280 g/mol. The molecule has 0 aromatic heterocycles. The van der Waals surface area contributed by atoms with Gasteiger partial charge in [0.2, 0.25) is 0 Å². The van der Waals surface area contributed by atoms with Gasteiger partial charge in [-0.3, -0.25) is 4.79 Å². The summed E-state index contributed by atoms with van der Waals surface area (Å²) in [4.78, 5) is 11.7. The van der Waals surface area contributed by atoms with Crippen LogP contribution in [0.2, 0.25) is 0 Å². The topological polar surface area (TPSA) is 73.6 Å². The standard InChI is InChI=1S/C15H24N2O3/c1-4-11(2)17-15(18)10-20-14-9-12(7-8-16)5-6-13(14)19-3/h5-6,9,11H,4,7-8,10,16H2,1-3H3,(H,17,18). The summed E-state index contributed by atoms with van der Waals surface area (Å²) in [5.74, 6) is 1.05. The van der Waals surface area contributed by atoms with Crippen LogP contribution in [0.25, 0.3) is 0 Å². The van der Waals surface area contributed by atoms with Crippen molar-refractivity contribution < 1.29 is 14.3 Å². The van der Waals surface area contributed by atoms with Crippen molar-refractivity contribution in [2.24, 2.45) is 5.73 Å². The summed E-state index contributed by atoms with van der Waals surface area (Å²) >= 11 is 0. The fourth-order valence-corrected chi connectivity index (χ4v) is 1.72. The summed E-state index contributed by atoms with van der Waals surface area (Å²) < 4.78 is 10.8. The minimum Gasteiger partial charge on any atom is -0.493 e. The van der Waals surface area contributed by atoms with Gasteiger partial charge in [0.1, 0.15) is 0 Å². The van der Waals surface area contributed by atoms with Crippen LogP contribution >= 0.6 is 0 Å². The molecule has 5 heteroatoms. The van der Waals surface area contributed by atoms with E-state index in [0.717, 1.165) is 18.4 Å². The van der Waals surface area contributed by atoms with Gasteiger partial charge in [0.15, 0.2) is 18.1 Å². The average Bonchev–Trinajstić information content (AvgIpc) is 2.45. The summed E-state index contributed by atoms with van der Waals surface area (Å²) in [6.07, 6.45) is 1.65. The first-order valence-corrected chi connectivity index (χ1v) is 6.89. The van der Waals surface area contributed by atoms with Gasteiger partial charge in [0.25, 0.3) is 5.91 Å². The van der Waals surface area contributed by atoms with Crippen LogP contribution in [-0.4, -0.2) is 32.2 Å². The van der Waals surface area contributed by atoms with Crippen molar-refractivity contribution in [3.05, 3.63) is 23.8 Å². The highest BCUT2D eigenvalue weighted by Gasteiger charge is 2.10. The molecule has 1 aromatic carbocycles. The molecule has 20 heavy (non-hydrogen) atoms. The van der Waals surface area contributed by atoms with Gasteiger partial charge in [-0.1, -0.05) is 13.0 Å². The van der Waals surface area contributed by atoms with Crippen LogP contribution in [0.5, 0.6) is 11.5 Å². The molecule has 1 rings (SSSR count). The molecule has 1 atom stereocenters. The van der Waals surface area contributed by atoms with Crippen LogP contribution in [0.1, 0.15) is 25.8 Å². The number of rotatable bonds is 8. The van der Waals surface area contributed by atoms with E-state index in [1.165, 1.54) is 0 Å². The maximum Gasteiger partial charge on any atom is 0.258 e. The van der Waals surface area contributed by atoms with E-state index in [-0.39, 0.29) is 18.6 Å². The second-order valence-corrected chi connectivity index (χ2v) is 4.69. The van der Waals surface area contributed by atoms with E-state index in [1.54, 1.807) is 7.11 Å². The second kappa shape index (κ2) is 8.43. The van der Waals surface area contributed by atoms with Gasteiger partial charge in [-0.2, -0.15) is 0 Å². The molecule has 0 aliphatic carbocycles. The predicted molar refractivity (Wildman–Crippen MR) is 79.1 cm³/mol. The van der Waals surface area contributed by atoms with E-state index in [2.05, 4.69) is 5.32 Å². The zero-order chi connectivity index (χ0) is 15.0. The number of benzene rings is 1. The number of carbonyl (C=O) groups is 1. The molecule has 0 aliphatic heterocycles.